The molecule has 100 valence electrons. The zero-order valence-corrected chi connectivity index (χ0v) is 12.2. The topological polar surface area (TPSA) is 23.6 Å². The Hall–Kier alpha value is -0.280. The molecule has 17 heavy (non-hydrogen) atoms. The van der Waals surface area contributed by atoms with Gasteiger partial charge in [-0.25, -0.2) is 0 Å². The summed E-state index contributed by atoms with van der Waals surface area (Å²) in [5.74, 6) is 0.162. The van der Waals surface area contributed by atoms with Crippen molar-refractivity contribution in [2.24, 2.45) is 0 Å². The summed E-state index contributed by atoms with van der Waals surface area (Å²) in [5, 5.41) is 0. The van der Waals surface area contributed by atoms with Crippen LogP contribution in [0.5, 0.6) is 0 Å². The minimum Gasteiger partial charge on any atom is -0.335 e. The molecule has 1 rings (SSSR count). The Labute approximate surface area is 110 Å². The molecule has 0 radical (unpaired) electrons. The second-order valence-corrected chi connectivity index (χ2v) is 5.68. The van der Waals surface area contributed by atoms with Gasteiger partial charge in [0.05, 0.1) is 0 Å². The monoisotopic (exact) mass is 260 g/mol. The standard InChI is InChI=1S/C13H25ClN2O/c1-10(2)16(13(17)9-14)12-8-6-5-7-11(12)15(3)4/h10-12H,5-9H2,1-4H3/t11-,12+/m0/s1. The van der Waals surface area contributed by atoms with Crippen LogP contribution in [0.4, 0.5) is 0 Å². The Morgan fingerprint density at radius 1 is 1.24 bits per heavy atom. The number of halogens is 1. The summed E-state index contributed by atoms with van der Waals surface area (Å²) >= 11 is 5.73. The highest BCUT2D eigenvalue weighted by molar-refractivity contribution is 6.27. The van der Waals surface area contributed by atoms with E-state index in [-0.39, 0.29) is 17.8 Å². The van der Waals surface area contributed by atoms with E-state index >= 15 is 0 Å². The molecule has 0 heterocycles. The summed E-state index contributed by atoms with van der Waals surface area (Å²) in [6, 6.07) is 1.02. The number of carbonyl (C=O) groups is 1. The highest BCUT2D eigenvalue weighted by Crippen LogP contribution is 2.27. The quantitative estimate of drug-likeness (QED) is 0.725. The third-order valence-corrected chi connectivity index (χ3v) is 3.90. The predicted octanol–water partition coefficient (Wildman–Crippen LogP) is 2.33. The molecule has 1 aliphatic rings. The fourth-order valence-corrected chi connectivity index (χ4v) is 3.08. The Morgan fingerprint density at radius 2 is 1.76 bits per heavy atom. The third-order valence-electron chi connectivity index (χ3n) is 3.67. The van der Waals surface area contributed by atoms with Gasteiger partial charge in [0.15, 0.2) is 0 Å². The smallest absolute Gasteiger partial charge is 0.238 e. The second kappa shape index (κ2) is 6.60. The lowest BCUT2D eigenvalue weighted by Gasteiger charge is -2.44. The first kappa shape index (κ1) is 14.8. The summed E-state index contributed by atoms with van der Waals surface area (Å²) in [6.07, 6.45) is 4.76. The van der Waals surface area contributed by atoms with E-state index in [1.54, 1.807) is 0 Å². The van der Waals surface area contributed by atoms with Gasteiger partial charge in [-0.1, -0.05) is 12.8 Å². The molecular formula is C13H25ClN2O. The van der Waals surface area contributed by atoms with Gasteiger partial charge in [0.2, 0.25) is 5.91 Å². The van der Waals surface area contributed by atoms with Crippen molar-refractivity contribution in [2.45, 2.75) is 57.7 Å². The molecule has 0 aromatic rings. The summed E-state index contributed by atoms with van der Waals surface area (Å²) < 4.78 is 0. The minimum absolute atomic E-state index is 0.0698. The Balaban J connectivity index is 2.86. The minimum atomic E-state index is 0.0698. The zero-order chi connectivity index (χ0) is 13.0. The molecule has 0 saturated heterocycles. The van der Waals surface area contributed by atoms with Crippen molar-refractivity contribution >= 4 is 17.5 Å². The van der Waals surface area contributed by atoms with Crippen LogP contribution >= 0.6 is 11.6 Å². The first-order chi connectivity index (χ1) is 7.99. The maximum absolute atomic E-state index is 12.0. The largest absolute Gasteiger partial charge is 0.335 e. The number of hydrogen-bond acceptors (Lipinski definition) is 2. The summed E-state index contributed by atoms with van der Waals surface area (Å²) in [6.45, 7) is 4.15. The molecule has 1 saturated carbocycles. The molecule has 1 fully saturated rings. The highest BCUT2D eigenvalue weighted by Gasteiger charge is 2.34. The molecule has 1 amide bonds. The van der Waals surface area contributed by atoms with Crippen LogP contribution in [0.15, 0.2) is 0 Å². The van der Waals surface area contributed by atoms with Crippen molar-refractivity contribution in [1.82, 2.24) is 9.80 Å². The van der Waals surface area contributed by atoms with Crippen molar-refractivity contribution < 1.29 is 4.79 Å². The molecule has 0 spiro atoms. The van der Waals surface area contributed by atoms with Crippen LogP contribution in [0.3, 0.4) is 0 Å². The average Bonchev–Trinajstić information content (AvgIpc) is 2.29. The molecule has 1 aliphatic carbocycles. The van der Waals surface area contributed by atoms with Crippen LogP contribution in [-0.4, -0.2) is 53.8 Å². The Morgan fingerprint density at radius 3 is 2.18 bits per heavy atom. The molecule has 4 heteroatoms. The fraction of sp³-hybridized carbons (Fsp3) is 0.923. The SMILES string of the molecule is CC(C)N(C(=O)CCl)[C@@H]1CCCC[C@@H]1N(C)C. The number of amides is 1. The highest BCUT2D eigenvalue weighted by atomic mass is 35.5. The van der Waals surface area contributed by atoms with Gasteiger partial charge in [-0.15, -0.1) is 11.6 Å². The van der Waals surface area contributed by atoms with Gasteiger partial charge in [-0.05, 0) is 40.8 Å². The third kappa shape index (κ3) is 3.59. The molecule has 0 aromatic heterocycles. The normalized spacial score (nSPS) is 25.4. The van der Waals surface area contributed by atoms with Crippen molar-refractivity contribution in [2.75, 3.05) is 20.0 Å². The zero-order valence-electron chi connectivity index (χ0n) is 11.4. The van der Waals surface area contributed by atoms with E-state index in [2.05, 4.69) is 32.8 Å². The van der Waals surface area contributed by atoms with Gasteiger partial charge in [0, 0.05) is 18.1 Å². The average molecular weight is 261 g/mol. The van der Waals surface area contributed by atoms with Gasteiger partial charge in [0.1, 0.15) is 5.88 Å². The maximum atomic E-state index is 12.0. The lowest BCUT2D eigenvalue weighted by molar-refractivity contribution is -0.135. The van der Waals surface area contributed by atoms with Gasteiger partial charge < -0.3 is 9.80 Å². The van der Waals surface area contributed by atoms with E-state index in [0.717, 1.165) is 6.42 Å². The van der Waals surface area contributed by atoms with Gasteiger partial charge in [0.25, 0.3) is 0 Å². The number of likely N-dealkylation sites (N-methyl/N-ethyl adjacent to an activating group) is 1. The van der Waals surface area contributed by atoms with Crippen LogP contribution in [0, 0.1) is 0 Å². The lowest BCUT2D eigenvalue weighted by Crippen LogP contribution is -2.56. The first-order valence-electron chi connectivity index (χ1n) is 6.52. The van der Waals surface area contributed by atoms with E-state index in [4.69, 9.17) is 11.6 Å². The van der Waals surface area contributed by atoms with Gasteiger partial charge in [-0.3, -0.25) is 4.79 Å². The van der Waals surface area contributed by atoms with Crippen LogP contribution < -0.4 is 0 Å². The van der Waals surface area contributed by atoms with Crippen LogP contribution in [-0.2, 0) is 4.79 Å². The number of nitrogens with zero attached hydrogens (tertiary/aromatic N) is 2. The molecular weight excluding hydrogens is 236 g/mol. The summed E-state index contributed by atoms with van der Waals surface area (Å²) in [7, 11) is 4.21. The Bertz CT molecular complexity index is 256. The van der Waals surface area contributed by atoms with Gasteiger partial charge >= 0.3 is 0 Å². The van der Waals surface area contributed by atoms with Crippen molar-refractivity contribution in [3.8, 4) is 0 Å². The number of carbonyl (C=O) groups excluding carboxylic acids is 1. The van der Waals surface area contributed by atoms with Crippen LogP contribution in [0.2, 0.25) is 0 Å². The van der Waals surface area contributed by atoms with Crippen molar-refractivity contribution in [3.63, 3.8) is 0 Å². The molecule has 2 atom stereocenters. The molecule has 0 aliphatic heterocycles. The maximum Gasteiger partial charge on any atom is 0.238 e. The number of rotatable bonds is 4. The van der Waals surface area contributed by atoms with E-state index < -0.39 is 0 Å². The molecule has 0 bridgehead atoms. The second-order valence-electron chi connectivity index (χ2n) is 5.41. The van der Waals surface area contributed by atoms with Crippen molar-refractivity contribution in [1.29, 1.82) is 0 Å². The number of hydrogen-bond donors (Lipinski definition) is 0. The van der Waals surface area contributed by atoms with E-state index in [1.165, 1.54) is 19.3 Å². The lowest BCUT2D eigenvalue weighted by atomic mass is 9.87. The van der Waals surface area contributed by atoms with Crippen LogP contribution in [0.1, 0.15) is 39.5 Å². The van der Waals surface area contributed by atoms with E-state index in [1.807, 2.05) is 4.90 Å². The van der Waals surface area contributed by atoms with Gasteiger partial charge in [-0.2, -0.15) is 0 Å². The molecule has 0 unspecified atom stereocenters. The first-order valence-corrected chi connectivity index (χ1v) is 7.06. The van der Waals surface area contributed by atoms with Crippen LogP contribution in [0.25, 0.3) is 0 Å². The summed E-state index contributed by atoms with van der Waals surface area (Å²) in [4.78, 5) is 16.2. The predicted molar refractivity (Wildman–Crippen MR) is 72.4 cm³/mol. The number of alkyl halides is 1. The molecule has 0 aromatic carbocycles. The van der Waals surface area contributed by atoms with Crippen molar-refractivity contribution in [3.05, 3.63) is 0 Å². The van der Waals surface area contributed by atoms with E-state index in [0.29, 0.717) is 12.1 Å². The Kier molecular flexibility index (Phi) is 5.74. The van der Waals surface area contributed by atoms with E-state index in [9.17, 15) is 4.79 Å². The summed E-state index contributed by atoms with van der Waals surface area (Å²) in [5.41, 5.74) is 0. The fourth-order valence-electron chi connectivity index (χ4n) is 2.94. The molecule has 0 N–H and O–H groups in total. The molecule has 3 nitrogen and oxygen atoms in total.